The Hall–Kier alpha value is -1.03. The van der Waals surface area contributed by atoms with Crippen LogP contribution in [0.4, 0.5) is 5.82 Å². The molecule has 0 radical (unpaired) electrons. The van der Waals surface area contributed by atoms with Crippen molar-refractivity contribution in [2.75, 3.05) is 25.0 Å². The molecule has 0 aliphatic heterocycles. The molecule has 4 heteroatoms. The van der Waals surface area contributed by atoms with E-state index in [2.05, 4.69) is 50.1 Å². The second-order valence-corrected chi connectivity index (χ2v) is 5.40. The summed E-state index contributed by atoms with van der Waals surface area (Å²) in [5.74, 6) is 1.98. The number of hydrogen-bond donors (Lipinski definition) is 1. The van der Waals surface area contributed by atoms with E-state index in [1.165, 1.54) is 17.8 Å². The Morgan fingerprint density at radius 2 is 2.06 bits per heavy atom. The second-order valence-electron chi connectivity index (χ2n) is 5.40. The fraction of sp³-hybridized carbons (Fsp3) is 0.786. The highest BCUT2D eigenvalue weighted by atomic mass is 15.4. The van der Waals surface area contributed by atoms with Crippen molar-refractivity contribution in [1.29, 1.82) is 0 Å². The van der Waals surface area contributed by atoms with E-state index in [0.717, 1.165) is 31.2 Å². The van der Waals surface area contributed by atoms with Gasteiger partial charge in [0.1, 0.15) is 5.82 Å². The normalized spacial score (nSPS) is 11.3. The van der Waals surface area contributed by atoms with Crippen LogP contribution in [-0.2, 0) is 13.6 Å². The topological polar surface area (TPSA) is 33.1 Å². The lowest BCUT2D eigenvalue weighted by Crippen LogP contribution is -2.24. The number of hydrogen-bond acceptors (Lipinski definition) is 3. The predicted molar refractivity (Wildman–Crippen MR) is 78.1 cm³/mol. The minimum Gasteiger partial charge on any atom is -0.360 e. The highest BCUT2D eigenvalue weighted by molar-refractivity contribution is 5.49. The highest BCUT2D eigenvalue weighted by Gasteiger charge is 2.16. The summed E-state index contributed by atoms with van der Waals surface area (Å²) in [7, 11) is 4.19. The second kappa shape index (κ2) is 6.78. The Labute approximate surface area is 111 Å². The summed E-state index contributed by atoms with van der Waals surface area (Å²) in [6, 6.07) is 0. The van der Waals surface area contributed by atoms with Gasteiger partial charge in [-0.1, -0.05) is 20.8 Å². The number of rotatable bonds is 7. The van der Waals surface area contributed by atoms with Crippen molar-refractivity contribution >= 4 is 5.82 Å². The SMILES string of the molecule is CCNCc1c(C)nn(C)c1N(C)CCC(C)C. The van der Waals surface area contributed by atoms with Crippen molar-refractivity contribution in [2.24, 2.45) is 13.0 Å². The average molecular weight is 252 g/mol. The fourth-order valence-corrected chi connectivity index (χ4v) is 2.18. The minimum absolute atomic E-state index is 0.735. The zero-order valence-electron chi connectivity index (χ0n) is 12.7. The zero-order valence-corrected chi connectivity index (χ0v) is 12.7. The quantitative estimate of drug-likeness (QED) is 0.808. The third-order valence-electron chi connectivity index (χ3n) is 3.27. The molecule has 1 heterocycles. The molecule has 18 heavy (non-hydrogen) atoms. The Bertz CT molecular complexity index is 368. The van der Waals surface area contributed by atoms with Crippen LogP contribution in [-0.4, -0.2) is 29.9 Å². The molecule has 0 aliphatic rings. The van der Waals surface area contributed by atoms with Gasteiger partial charge in [-0.05, 0) is 25.8 Å². The van der Waals surface area contributed by atoms with Crippen LogP contribution in [0.1, 0.15) is 38.4 Å². The van der Waals surface area contributed by atoms with Gasteiger partial charge in [0.05, 0.1) is 5.69 Å². The summed E-state index contributed by atoms with van der Waals surface area (Å²) < 4.78 is 2.00. The Balaban J connectivity index is 2.84. The van der Waals surface area contributed by atoms with Crippen molar-refractivity contribution in [2.45, 2.75) is 40.7 Å². The maximum absolute atomic E-state index is 4.55. The van der Waals surface area contributed by atoms with Crippen LogP contribution >= 0.6 is 0 Å². The first-order valence-corrected chi connectivity index (χ1v) is 6.91. The van der Waals surface area contributed by atoms with Crippen LogP contribution in [0.5, 0.6) is 0 Å². The van der Waals surface area contributed by atoms with E-state index in [4.69, 9.17) is 0 Å². The van der Waals surface area contributed by atoms with Crippen LogP contribution in [0.25, 0.3) is 0 Å². The predicted octanol–water partition coefficient (Wildman–Crippen LogP) is 2.32. The van der Waals surface area contributed by atoms with Crippen LogP contribution in [0, 0.1) is 12.8 Å². The molecule has 1 aromatic rings. The van der Waals surface area contributed by atoms with Gasteiger partial charge in [0.2, 0.25) is 0 Å². The van der Waals surface area contributed by atoms with Crippen molar-refractivity contribution in [1.82, 2.24) is 15.1 Å². The van der Waals surface area contributed by atoms with E-state index in [1.807, 2.05) is 11.7 Å². The first kappa shape index (κ1) is 15.0. The molecule has 0 bridgehead atoms. The lowest BCUT2D eigenvalue weighted by molar-refractivity contribution is 0.577. The highest BCUT2D eigenvalue weighted by Crippen LogP contribution is 2.22. The number of nitrogens with one attached hydrogen (secondary N) is 1. The van der Waals surface area contributed by atoms with Gasteiger partial charge >= 0.3 is 0 Å². The lowest BCUT2D eigenvalue weighted by Gasteiger charge is -2.22. The van der Waals surface area contributed by atoms with Crippen molar-refractivity contribution in [3.8, 4) is 0 Å². The largest absolute Gasteiger partial charge is 0.360 e. The van der Waals surface area contributed by atoms with Crippen molar-refractivity contribution < 1.29 is 0 Å². The monoisotopic (exact) mass is 252 g/mol. The summed E-state index contributed by atoms with van der Waals surface area (Å²) in [5.41, 5.74) is 2.45. The standard InChI is InChI=1S/C14H28N4/c1-7-15-10-13-12(4)16-18(6)14(13)17(5)9-8-11(2)3/h11,15H,7-10H2,1-6H3. The Morgan fingerprint density at radius 3 is 2.61 bits per heavy atom. The van der Waals surface area contributed by atoms with Crippen LogP contribution in [0.15, 0.2) is 0 Å². The van der Waals surface area contributed by atoms with Gasteiger partial charge in [0, 0.05) is 32.7 Å². The minimum atomic E-state index is 0.735. The van der Waals surface area contributed by atoms with E-state index < -0.39 is 0 Å². The third-order valence-corrected chi connectivity index (χ3v) is 3.27. The molecule has 104 valence electrons. The first-order valence-electron chi connectivity index (χ1n) is 6.91. The van der Waals surface area contributed by atoms with Gasteiger partial charge < -0.3 is 10.2 Å². The molecule has 0 amide bonds. The molecule has 0 aromatic carbocycles. The van der Waals surface area contributed by atoms with E-state index in [-0.39, 0.29) is 0 Å². The van der Waals surface area contributed by atoms with Crippen LogP contribution in [0.2, 0.25) is 0 Å². The molecular weight excluding hydrogens is 224 g/mol. The molecule has 1 aromatic heterocycles. The van der Waals surface area contributed by atoms with Gasteiger partial charge in [-0.25, -0.2) is 0 Å². The Kier molecular flexibility index (Phi) is 5.66. The zero-order chi connectivity index (χ0) is 13.7. The molecule has 4 nitrogen and oxygen atoms in total. The molecule has 0 saturated carbocycles. The molecule has 1 N–H and O–H groups in total. The maximum atomic E-state index is 4.55. The molecule has 0 aliphatic carbocycles. The average Bonchev–Trinajstić information content (AvgIpc) is 2.58. The molecular formula is C14H28N4. The van der Waals surface area contributed by atoms with Crippen molar-refractivity contribution in [3.63, 3.8) is 0 Å². The van der Waals surface area contributed by atoms with Crippen LogP contribution < -0.4 is 10.2 Å². The summed E-state index contributed by atoms with van der Waals surface area (Å²) in [6.07, 6.45) is 1.21. The molecule has 0 spiro atoms. The molecule has 0 unspecified atom stereocenters. The van der Waals surface area contributed by atoms with Gasteiger partial charge in [0.15, 0.2) is 0 Å². The number of anilines is 1. The molecule has 0 fully saturated rings. The van der Waals surface area contributed by atoms with E-state index in [1.54, 1.807) is 0 Å². The summed E-state index contributed by atoms with van der Waals surface area (Å²) in [4.78, 5) is 2.33. The van der Waals surface area contributed by atoms with E-state index in [9.17, 15) is 0 Å². The number of aromatic nitrogens is 2. The first-order chi connectivity index (χ1) is 8.47. The van der Waals surface area contributed by atoms with Gasteiger partial charge in [0.25, 0.3) is 0 Å². The molecule has 1 rings (SSSR count). The van der Waals surface area contributed by atoms with E-state index in [0.29, 0.717) is 0 Å². The van der Waals surface area contributed by atoms with Gasteiger partial charge in [-0.2, -0.15) is 5.10 Å². The third kappa shape index (κ3) is 3.73. The maximum Gasteiger partial charge on any atom is 0.131 e. The van der Waals surface area contributed by atoms with Gasteiger partial charge in [-0.15, -0.1) is 0 Å². The summed E-state index contributed by atoms with van der Waals surface area (Å²) >= 11 is 0. The fourth-order valence-electron chi connectivity index (χ4n) is 2.18. The molecule has 0 atom stereocenters. The Morgan fingerprint density at radius 1 is 1.39 bits per heavy atom. The number of aryl methyl sites for hydroxylation is 2. The smallest absolute Gasteiger partial charge is 0.131 e. The van der Waals surface area contributed by atoms with Crippen molar-refractivity contribution in [3.05, 3.63) is 11.3 Å². The summed E-state index contributed by atoms with van der Waals surface area (Å²) in [5, 5.41) is 7.95. The number of nitrogens with zero attached hydrogens (tertiary/aromatic N) is 3. The lowest BCUT2D eigenvalue weighted by atomic mass is 10.1. The summed E-state index contributed by atoms with van der Waals surface area (Å²) in [6.45, 7) is 11.7. The van der Waals surface area contributed by atoms with E-state index >= 15 is 0 Å². The van der Waals surface area contributed by atoms with Gasteiger partial charge in [-0.3, -0.25) is 4.68 Å². The molecule has 0 saturated heterocycles. The van der Waals surface area contributed by atoms with Crippen LogP contribution in [0.3, 0.4) is 0 Å².